The van der Waals surface area contributed by atoms with Crippen molar-refractivity contribution in [2.75, 3.05) is 13.6 Å². The van der Waals surface area contributed by atoms with E-state index in [1.54, 1.807) is 0 Å². The second kappa shape index (κ2) is 3.99. The number of phenols is 1. The Bertz CT molecular complexity index is 470. The molecule has 0 amide bonds. The highest BCUT2D eigenvalue weighted by molar-refractivity contribution is 5.43. The van der Waals surface area contributed by atoms with Gasteiger partial charge in [0, 0.05) is 6.04 Å². The van der Waals surface area contributed by atoms with Crippen molar-refractivity contribution in [2.24, 2.45) is 5.92 Å². The van der Waals surface area contributed by atoms with Crippen molar-refractivity contribution in [1.29, 1.82) is 0 Å². The van der Waals surface area contributed by atoms with E-state index in [1.165, 1.54) is 30.5 Å². The Morgan fingerprint density at radius 2 is 2.17 bits per heavy atom. The van der Waals surface area contributed by atoms with E-state index in [4.69, 9.17) is 0 Å². The molecule has 1 aliphatic heterocycles. The summed E-state index contributed by atoms with van der Waals surface area (Å²) in [7, 11) is 2.26. The minimum absolute atomic E-state index is 0.224. The number of nitrogens with zero attached hydrogens (tertiary/aromatic N) is 1. The summed E-state index contributed by atoms with van der Waals surface area (Å²) in [5, 5.41) is 9.80. The number of hydrogen-bond donors (Lipinski definition) is 1. The van der Waals surface area contributed by atoms with Crippen molar-refractivity contribution in [3.8, 4) is 5.75 Å². The van der Waals surface area contributed by atoms with Gasteiger partial charge in [-0.15, -0.1) is 0 Å². The van der Waals surface area contributed by atoms with Crippen molar-refractivity contribution < 1.29 is 5.11 Å². The number of fused-ring (bicyclic) bond motifs is 4. The van der Waals surface area contributed by atoms with Crippen LogP contribution in [-0.2, 0) is 11.8 Å². The van der Waals surface area contributed by atoms with Gasteiger partial charge in [-0.1, -0.05) is 19.9 Å². The second-order valence-electron chi connectivity index (χ2n) is 6.40. The summed E-state index contributed by atoms with van der Waals surface area (Å²) in [5.41, 5.74) is 3.05. The van der Waals surface area contributed by atoms with Gasteiger partial charge in [-0.3, -0.25) is 0 Å². The van der Waals surface area contributed by atoms with E-state index < -0.39 is 0 Å². The average molecular weight is 245 g/mol. The third-order valence-corrected chi connectivity index (χ3v) is 5.49. The molecule has 0 saturated carbocycles. The van der Waals surface area contributed by atoms with Crippen LogP contribution in [0.3, 0.4) is 0 Å². The first-order valence-electron chi connectivity index (χ1n) is 7.05. The van der Waals surface area contributed by atoms with E-state index in [0.29, 0.717) is 17.7 Å². The number of benzene rings is 1. The summed E-state index contributed by atoms with van der Waals surface area (Å²) in [5.74, 6) is 1.07. The minimum atomic E-state index is 0.224. The molecule has 1 heterocycles. The lowest BCUT2D eigenvalue weighted by molar-refractivity contribution is 0.143. The molecular weight excluding hydrogens is 222 g/mol. The lowest BCUT2D eigenvalue weighted by atomic mass is 9.61. The van der Waals surface area contributed by atoms with Gasteiger partial charge in [0.25, 0.3) is 0 Å². The fraction of sp³-hybridized carbons (Fsp3) is 0.625. The summed E-state index contributed by atoms with van der Waals surface area (Å²) >= 11 is 0. The Labute approximate surface area is 110 Å². The van der Waals surface area contributed by atoms with Crippen LogP contribution in [0.1, 0.15) is 37.8 Å². The Balaban J connectivity index is 2.16. The molecule has 0 aromatic heterocycles. The molecule has 2 nitrogen and oxygen atoms in total. The lowest BCUT2D eigenvalue weighted by Crippen LogP contribution is -2.48. The van der Waals surface area contributed by atoms with Crippen LogP contribution in [-0.4, -0.2) is 29.6 Å². The fourth-order valence-electron chi connectivity index (χ4n) is 4.11. The summed E-state index contributed by atoms with van der Waals surface area (Å²) in [6.07, 6.45) is 3.61. The number of hydrogen-bond acceptors (Lipinski definition) is 2. The summed E-state index contributed by atoms with van der Waals surface area (Å²) < 4.78 is 0. The topological polar surface area (TPSA) is 23.5 Å². The van der Waals surface area contributed by atoms with Gasteiger partial charge in [0.1, 0.15) is 5.75 Å². The maximum Gasteiger partial charge on any atom is 0.115 e. The zero-order valence-corrected chi connectivity index (χ0v) is 11.6. The summed E-state index contributed by atoms with van der Waals surface area (Å²) in [6, 6.07) is 6.62. The number of phenolic OH excluding ortho intramolecular Hbond substituents is 1. The van der Waals surface area contributed by atoms with Crippen LogP contribution in [0, 0.1) is 5.92 Å². The highest BCUT2D eigenvalue weighted by Crippen LogP contribution is 2.48. The standard InChI is InChI=1S/C16H23NO/c1-11-15-9-12-5-6-13(18)10-14(12)16(11,2)7-4-8-17(15)3/h5-6,10-11,15,18H,4,7-9H2,1-3H3/t11-,15+,16-/m0/s1. The van der Waals surface area contributed by atoms with Crippen molar-refractivity contribution in [2.45, 2.75) is 44.6 Å². The predicted molar refractivity (Wildman–Crippen MR) is 74.0 cm³/mol. The summed E-state index contributed by atoms with van der Waals surface area (Å²) in [6.45, 7) is 5.98. The molecule has 1 aromatic rings. The van der Waals surface area contributed by atoms with Crippen molar-refractivity contribution in [3.05, 3.63) is 29.3 Å². The van der Waals surface area contributed by atoms with Gasteiger partial charge < -0.3 is 10.0 Å². The first-order chi connectivity index (χ1) is 8.52. The highest BCUT2D eigenvalue weighted by Gasteiger charge is 2.45. The van der Waals surface area contributed by atoms with Crippen LogP contribution in [0.15, 0.2) is 18.2 Å². The maximum absolute atomic E-state index is 9.80. The molecule has 0 radical (unpaired) electrons. The number of rotatable bonds is 0. The molecule has 2 heteroatoms. The van der Waals surface area contributed by atoms with Gasteiger partial charge in [0.2, 0.25) is 0 Å². The fourth-order valence-corrected chi connectivity index (χ4v) is 4.11. The van der Waals surface area contributed by atoms with Crippen LogP contribution in [0.25, 0.3) is 0 Å². The summed E-state index contributed by atoms with van der Waals surface area (Å²) in [4.78, 5) is 2.53. The third kappa shape index (κ3) is 1.58. The Morgan fingerprint density at radius 3 is 2.94 bits per heavy atom. The lowest BCUT2D eigenvalue weighted by Gasteiger charge is -2.46. The molecule has 3 atom stereocenters. The first-order valence-corrected chi connectivity index (χ1v) is 7.05. The van der Waals surface area contributed by atoms with Crippen LogP contribution < -0.4 is 0 Å². The zero-order valence-electron chi connectivity index (χ0n) is 11.6. The second-order valence-corrected chi connectivity index (χ2v) is 6.40. The quantitative estimate of drug-likeness (QED) is 0.759. The Kier molecular flexibility index (Phi) is 2.67. The molecule has 1 saturated heterocycles. The molecular formula is C16H23NO. The Morgan fingerprint density at radius 1 is 1.39 bits per heavy atom. The largest absolute Gasteiger partial charge is 0.508 e. The third-order valence-electron chi connectivity index (χ3n) is 5.49. The van der Waals surface area contributed by atoms with E-state index in [-0.39, 0.29) is 5.41 Å². The van der Waals surface area contributed by atoms with E-state index >= 15 is 0 Å². The SMILES string of the molecule is C[C@H]1[C@H]2Cc3ccc(O)cc3[C@@]1(C)CCCN2C. The van der Waals surface area contributed by atoms with Crippen molar-refractivity contribution >= 4 is 0 Å². The van der Waals surface area contributed by atoms with Crippen molar-refractivity contribution in [1.82, 2.24) is 4.90 Å². The molecule has 1 N–H and O–H groups in total. The molecule has 0 spiro atoms. The van der Waals surface area contributed by atoms with Crippen LogP contribution in [0.5, 0.6) is 5.75 Å². The van der Waals surface area contributed by atoms with E-state index in [1.807, 2.05) is 12.1 Å². The van der Waals surface area contributed by atoms with Gasteiger partial charge in [-0.05, 0) is 67.4 Å². The average Bonchev–Trinajstić information content (AvgIpc) is 2.41. The molecule has 1 fully saturated rings. The highest BCUT2D eigenvalue weighted by atomic mass is 16.3. The van der Waals surface area contributed by atoms with Gasteiger partial charge >= 0.3 is 0 Å². The zero-order chi connectivity index (χ0) is 12.9. The molecule has 1 aliphatic carbocycles. The molecule has 18 heavy (non-hydrogen) atoms. The van der Waals surface area contributed by atoms with E-state index in [9.17, 15) is 5.11 Å². The van der Waals surface area contributed by atoms with Crippen LogP contribution >= 0.6 is 0 Å². The first kappa shape index (κ1) is 12.0. The van der Waals surface area contributed by atoms with Gasteiger partial charge in [0.05, 0.1) is 0 Å². The number of aromatic hydroxyl groups is 1. The van der Waals surface area contributed by atoms with Crippen LogP contribution in [0.4, 0.5) is 0 Å². The molecule has 0 unspecified atom stereocenters. The monoisotopic (exact) mass is 245 g/mol. The van der Waals surface area contributed by atoms with Crippen molar-refractivity contribution in [3.63, 3.8) is 0 Å². The number of likely N-dealkylation sites (tertiary alicyclic amines) is 1. The van der Waals surface area contributed by atoms with E-state index in [0.717, 1.165) is 6.42 Å². The van der Waals surface area contributed by atoms with Crippen LogP contribution in [0.2, 0.25) is 0 Å². The van der Waals surface area contributed by atoms with Gasteiger partial charge in [-0.25, -0.2) is 0 Å². The number of likely N-dealkylation sites (N-methyl/N-ethyl adjacent to an activating group) is 1. The smallest absolute Gasteiger partial charge is 0.115 e. The molecule has 1 aromatic carbocycles. The van der Waals surface area contributed by atoms with Gasteiger partial charge in [0.15, 0.2) is 0 Å². The molecule has 2 bridgehead atoms. The molecule has 98 valence electrons. The Hall–Kier alpha value is -1.02. The van der Waals surface area contributed by atoms with E-state index in [2.05, 4.69) is 31.9 Å². The molecule has 2 aliphatic rings. The van der Waals surface area contributed by atoms with Gasteiger partial charge in [-0.2, -0.15) is 0 Å². The normalized spacial score (nSPS) is 35.9. The predicted octanol–water partition coefficient (Wildman–Crippen LogP) is 2.94. The minimum Gasteiger partial charge on any atom is -0.508 e. The maximum atomic E-state index is 9.80. The molecule has 3 rings (SSSR count).